The molecule has 3 nitrogen and oxygen atoms in total. The zero-order chi connectivity index (χ0) is 11.9. The molecule has 0 aromatic carbocycles. The molecule has 0 aliphatic heterocycles. The second-order valence-electron chi connectivity index (χ2n) is 4.43. The van der Waals surface area contributed by atoms with E-state index in [0.717, 1.165) is 21.5 Å². The minimum Gasteiger partial charge on any atom is -0.322 e. The van der Waals surface area contributed by atoms with E-state index in [1.807, 2.05) is 25.3 Å². The van der Waals surface area contributed by atoms with Crippen molar-refractivity contribution in [3.63, 3.8) is 0 Å². The van der Waals surface area contributed by atoms with Crippen LogP contribution in [0.4, 0.5) is 0 Å². The molecule has 2 rings (SSSR count). The van der Waals surface area contributed by atoms with Crippen LogP contribution in [0.25, 0.3) is 5.65 Å². The highest BCUT2D eigenvalue weighted by Gasteiger charge is 2.18. The number of hydrogen-bond donors (Lipinski definition) is 1. The van der Waals surface area contributed by atoms with Crippen molar-refractivity contribution in [2.75, 3.05) is 0 Å². The number of rotatable bonds is 2. The molecular formula is C12H16BrN3. The van der Waals surface area contributed by atoms with Crippen molar-refractivity contribution in [2.24, 2.45) is 11.7 Å². The summed E-state index contributed by atoms with van der Waals surface area (Å²) in [6.07, 6.45) is 2.02. The van der Waals surface area contributed by atoms with E-state index in [9.17, 15) is 0 Å². The van der Waals surface area contributed by atoms with Gasteiger partial charge in [-0.25, -0.2) is 4.98 Å². The predicted molar refractivity (Wildman–Crippen MR) is 69.4 cm³/mol. The Kier molecular flexibility index (Phi) is 3.04. The fourth-order valence-corrected chi connectivity index (χ4v) is 2.21. The second kappa shape index (κ2) is 4.18. The second-order valence-corrected chi connectivity index (χ2v) is 5.34. The Hall–Kier alpha value is -0.870. The number of aryl methyl sites for hydroxylation is 1. The van der Waals surface area contributed by atoms with Gasteiger partial charge in [0.1, 0.15) is 5.65 Å². The molecule has 2 aromatic heterocycles. The van der Waals surface area contributed by atoms with Crippen LogP contribution in [-0.2, 0) is 0 Å². The van der Waals surface area contributed by atoms with Crippen LogP contribution >= 0.6 is 15.9 Å². The van der Waals surface area contributed by atoms with E-state index in [0.29, 0.717) is 5.92 Å². The van der Waals surface area contributed by atoms with Gasteiger partial charge in [-0.15, -0.1) is 0 Å². The van der Waals surface area contributed by atoms with Gasteiger partial charge in [0, 0.05) is 16.7 Å². The van der Waals surface area contributed by atoms with Crippen LogP contribution in [0.15, 0.2) is 22.8 Å². The van der Waals surface area contributed by atoms with Gasteiger partial charge in [-0.2, -0.15) is 0 Å². The first-order valence-electron chi connectivity index (χ1n) is 5.40. The van der Waals surface area contributed by atoms with Crippen LogP contribution in [-0.4, -0.2) is 9.38 Å². The van der Waals surface area contributed by atoms with E-state index in [1.54, 1.807) is 0 Å². The van der Waals surface area contributed by atoms with E-state index in [2.05, 4.69) is 39.2 Å². The van der Waals surface area contributed by atoms with Gasteiger partial charge in [0.05, 0.1) is 11.4 Å². The lowest BCUT2D eigenvalue weighted by Crippen LogP contribution is -2.19. The molecule has 0 aliphatic carbocycles. The maximum absolute atomic E-state index is 6.22. The molecule has 0 aliphatic rings. The fraction of sp³-hybridized carbons (Fsp3) is 0.417. The van der Waals surface area contributed by atoms with Crippen LogP contribution < -0.4 is 5.73 Å². The molecule has 16 heavy (non-hydrogen) atoms. The number of nitrogens with two attached hydrogens (primary N) is 1. The van der Waals surface area contributed by atoms with E-state index >= 15 is 0 Å². The molecule has 1 atom stereocenters. The SMILES string of the molecule is Cc1nc2ccc(Br)cn2c1C(N)C(C)C. The van der Waals surface area contributed by atoms with Gasteiger partial charge in [0.25, 0.3) is 0 Å². The zero-order valence-electron chi connectivity index (χ0n) is 9.74. The molecule has 0 saturated carbocycles. The molecule has 4 heteroatoms. The highest BCUT2D eigenvalue weighted by molar-refractivity contribution is 9.10. The Morgan fingerprint density at radius 2 is 2.06 bits per heavy atom. The van der Waals surface area contributed by atoms with E-state index < -0.39 is 0 Å². The van der Waals surface area contributed by atoms with Gasteiger partial charge in [-0.3, -0.25) is 0 Å². The molecule has 2 aromatic rings. The first-order chi connectivity index (χ1) is 7.50. The summed E-state index contributed by atoms with van der Waals surface area (Å²) in [5, 5.41) is 0. The van der Waals surface area contributed by atoms with Gasteiger partial charge in [-0.05, 0) is 40.9 Å². The predicted octanol–water partition coefficient (Wildman–Crippen LogP) is 3.06. The Morgan fingerprint density at radius 1 is 1.38 bits per heavy atom. The third-order valence-corrected chi connectivity index (χ3v) is 3.31. The lowest BCUT2D eigenvalue weighted by molar-refractivity contribution is 0.498. The molecule has 0 saturated heterocycles. The van der Waals surface area contributed by atoms with E-state index in [4.69, 9.17) is 5.73 Å². The first-order valence-corrected chi connectivity index (χ1v) is 6.19. The van der Waals surface area contributed by atoms with Crippen LogP contribution in [0.2, 0.25) is 0 Å². The van der Waals surface area contributed by atoms with Crippen molar-refractivity contribution >= 4 is 21.6 Å². The molecular weight excluding hydrogens is 266 g/mol. The van der Waals surface area contributed by atoms with Crippen molar-refractivity contribution in [3.05, 3.63) is 34.2 Å². The smallest absolute Gasteiger partial charge is 0.137 e. The number of imidazole rings is 1. The van der Waals surface area contributed by atoms with Gasteiger partial charge >= 0.3 is 0 Å². The Balaban J connectivity index is 2.67. The summed E-state index contributed by atoms with van der Waals surface area (Å²) in [4.78, 5) is 4.52. The molecule has 0 amide bonds. The average molecular weight is 282 g/mol. The van der Waals surface area contributed by atoms with Crippen LogP contribution in [0.3, 0.4) is 0 Å². The summed E-state index contributed by atoms with van der Waals surface area (Å²) >= 11 is 3.47. The van der Waals surface area contributed by atoms with Crippen molar-refractivity contribution in [2.45, 2.75) is 26.8 Å². The number of halogens is 1. The van der Waals surface area contributed by atoms with Crippen molar-refractivity contribution in [1.82, 2.24) is 9.38 Å². The molecule has 0 radical (unpaired) electrons. The van der Waals surface area contributed by atoms with Crippen molar-refractivity contribution in [3.8, 4) is 0 Å². The molecule has 0 fully saturated rings. The van der Waals surface area contributed by atoms with Crippen molar-refractivity contribution in [1.29, 1.82) is 0 Å². The Bertz CT molecular complexity index is 516. The van der Waals surface area contributed by atoms with E-state index in [1.165, 1.54) is 0 Å². The van der Waals surface area contributed by atoms with Crippen LogP contribution in [0.1, 0.15) is 31.3 Å². The van der Waals surface area contributed by atoms with Gasteiger partial charge < -0.3 is 10.1 Å². The summed E-state index contributed by atoms with van der Waals surface area (Å²) in [6, 6.07) is 4.00. The lowest BCUT2D eigenvalue weighted by Gasteiger charge is -2.16. The van der Waals surface area contributed by atoms with Crippen LogP contribution in [0, 0.1) is 12.8 Å². The lowest BCUT2D eigenvalue weighted by atomic mass is 10.0. The van der Waals surface area contributed by atoms with E-state index in [-0.39, 0.29) is 6.04 Å². The minimum atomic E-state index is 0.0179. The summed E-state index contributed by atoms with van der Waals surface area (Å²) in [7, 11) is 0. The van der Waals surface area contributed by atoms with Gasteiger partial charge in [-0.1, -0.05) is 13.8 Å². The van der Waals surface area contributed by atoms with Gasteiger partial charge in [0.15, 0.2) is 0 Å². The topological polar surface area (TPSA) is 43.3 Å². The molecule has 2 N–H and O–H groups in total. The summed E-state index contributed by atoms with van der Waals surface area (Å²) < 4.78 is 3.11. The maximum atomic E-state index is 6.22. The Morgan fingerprint density at radius 3 is 2.69 bits per heavy atom. The molecule has 2 heterocycles. The van der Waals surface area contributed by atoms with Crippen LogP contribution in [0.5, 0.6) is 0 Å². The monoisotopic (exact) mass is 281 g/mol. The first kappa shape index (κ1) is 11.6. The highest BCUT2D eigenvalue weighted by atomic mass is 79.9. The fourth-order valence-electron chi connectivity index (χ4n) is 1.87. The maximum Gasteiger partial charge on any atom is 0.137 e. The molecule has 1 unspecified atom stereocenters. The number of aromatic nitrogens is 2. The standard InChI is InChI=1S/C12H16BrN3/c1-7(2)11(14)12-8(3)15-10-5-4-9(13)6-16(10)12/h4-7,11H,14H2,1-3H3. The molecule has 86 valence electrons. The zero-order valence-corrected chi connectivity index (χ0v) is 11.3. The highest BCUT2D eigenvalue weighted by Crippen LogP contribution is 2.24. The van der Waals surface area contributed by atoms with Gasteiger partial charge in [0.2, 0.25) is 0 Å². The van der Waals surface area contributed by atoms with Crippen molar-refractivity contribution < 1.29 is 0 Å². The number of fused-ring (bicyclic) bond motifs is 1. The normalized spacial score (nSPS) is 13.6. The number of pyridine rings is 1. The Labute approximate surface area is 104 Å². The summed E-state index contributed by atoms with van der Waals surface area (Å²) in [5.41, 5.74) is 9.29. The largest absolute Gasteiger partial charge is 0.322 e. The quantitative estimate of drug-likeness (QED) is 0.920. The molecule has 0 spiro atoms. The molecule has 0 bridgehead atoms. The summed E-state index contributed by atoms with van der Waals surface area (Å²) in [5.74, 6) is 0.401. The third kappa shape index (κ3) is 1.87. The number of nitrogens with zero attached hydrogens (tertiary/aromatic N) is 2. The minimum absolute atomic E-state index is 0.0179. The average Bonchev–Trinajstić information content (AvgIpc) is 2.52. The number of hydrogen-bond acceptors (Lipinski definition) is 2. The summed E-state index contributed by atoms with van der Waals surface area (Å²) in [6.45, 7) is 6.27. The third-order valence-electron chi connectivity index (χ3n) is 2.84.